The van der Waals surface area contributed by atoms with Crippen LogP contribution in [0.2, 0.25) is 0 Å². The first-order valence-corrected chi connectivity index (χ1v) is 7.05. The zero-order chi connectivity index (χ0) is 14.5. The van der Waals surface area contributed by atoms with E-state index in [-0.39, 0.29) is 0 Å². The summed E-state index contributed by atoms with van der Waals surface area (Å²) in [5.41, 5.74) is 2.48. The Labute approximate surface area is 121 Å². The molecule has 2 aromatic rings. The van der Waals surface area contributed by atoms with Crippen LogP contribution in [-0.4, -0.2) is 7.05 Å². The van der Waals surface area contributed by atoms with E-state index in [0.717, 1.165) is 29.4 Å². The molecule has 0 spiro atoms. The quantitative estimate of drug-likeness (QED) is 0.863. The van der Waals surface area contributed by atoms with Crippen molar-refractivity contribution in [2.24, 2.45) is 0 Å². The number of aryl methyl sites for hydroxylation is 1. The lowest BCUT2D eigenvalue weighted by atomic mass is 10.0. The summed E-state index contributed by atoms with van der Waals surface area (Å²) in [5.74, 6) is 3.25. The van der Waals surface area contributed by atoms with Crippen LogP contribution < -0.4 is 10.1 Å². The van der Waals surface area contributed by atoms with E-state index in [2.05, 4.69) is 38.2 Å². The van der Waals surface area contributed by atoms with Crippen molar-refractivity contribution in [1.82, 2.24) is 5.32 Å². The number of nitrogens with one attached hydrogen (secondary N) is 1. The van der Waals surface area contributed by atoms with Crippen LogP contribution >= 0.6 is 0 Å². The van der Waals surface area contributed by atoms with Crippen molar-refractivity contribution >= 4 is 0 Å². The Morgan fingerprint density at radius 3 is 2.50 bits per heavy atom. The van der Waals surface area contributed by atoms with Crippen LogP contribution in [-0.2, 0) is 13.2 Å². The van der Waals surface area contributed by atoms with Gasteiger partial charge in [-0.3, -0.25) is 0 Å². The zero-order valence-corrected chi connectivity index (χ0v) is 12.7. The predicted molar refractivity (Wildman–Crippen MR) is 81.1 cm³/mol. The molecule has 0 saturated carbocycles. The van der Waals surface area contributed by atoms with Gasteiger partial charge in [-0.2, -0.15) is 0 Å². The van der Waals surface area contributed by atoms with Gasteiger partial charge in [0.25, 0.3) is 0 Å². The van der Waals surface area contributed by atoms with Crippen molar-refractivity contribution < 1.29 is 9.15 Å². The van der Waals surface area contributed by atoms with Gasteiger partial charge < -0.3 is 14.5 Å². The highest BCUT2D eigenvalue weighted by molar-refractivity contribution is 5.29. The molecule has 0 aliphatic carbocycles. The summed E-state index contributed by atoms with van der Waals surface area (Å²) in [5, 5.41) is 3.09. The Morgan fingerprint density at radius 2 is 1.90 bits per heavy atom. The largest absolute Gasteiger partial charge is 0.486 e. The van der Waals surface area contributed by atoms with Gasteiger partial charge in [-0.15, -0.1) is 0 Å². The van der Waals surface area contributed by atoms with Crippen molar-refractivity contribution in [1.29, 1.82) is 0 Å². The fraction of sp³-hybridized carbons (Fsp3) is 0.412. The van der Waals surface area contributed by atoms with Gasteiger partial charge in [-0.05, 0) is 49.2 Å². The van der Waals surface area contributed by atoms with E-state index in [0.29, 0.717) is 12.5 Å². The Morgan fingerprint density at radius 1 is 1.20 bits per heavy atom. The standard InChI is InChI=1S/C17H23NO2/c1-12(2)14-5-7-15(8-6-14)19-11-16-9-13(3)17(20-16)10-18-4/h5-9,12,18H,10-11H2,1-4H3. The first-order chi connectivity index (χ1) is 9.60. The second-order valence-electron chi connectivity index (χ2n) is 5.36. The molecule has 0 aliphatic heterocycles. The monoisotopic (exact) mass is 273 g/mol. The SMILES string of the molecule is CNCc1oc(COc2ccc(C(C)C)cc2)cc1C. The summed E-state index contributed by atoms with van der Waals surface area (Å²) in [6.45, 7) is 7.63. The zero-order valence-electron chi connectivity index (χ0n) is 12.7. The number of hydrogen-bond donors (Lipinski definition) is 1. The van der Waals surface area contributed by atoms with Crippen molar-refractivity contribution in [2.45, 2.75) is 39.8 Å². The van der Waals surface area contributed by atoms with E-state index < -0.39 is 0 Å². The molecule has 0 bridgehead atoms. The summed E-state index contributed by atoms with van der Waals surface area (Å²) < 4.78 is 11.5. The molecule has 3 nitrogen and oxygen atoms in total. The molecule has 0 atom stereocenters. The number of hydrogen-bond acceptors (Lipinski definition) is 3. The molecular formula is C17H23NO2. The van der Waals surface area contributed by atoms with E-state index in [4.69, 9.17) is 9.15 Å². The number of rotatable bonds is 6. The number of furan rings is 1. The summed E-state index contributed by atoms with van der Waals surface area (Å²) in [6, 6.07) is 10.3. The Hall–Kier alpha value is -1.74. The first kappa shape index (κ1) is 14.7. The molecule has 1 N–H and O–H groups in total. The van der Waals surface area contributed by atoms with Crippen LogP contribution in [0.1, 0.15) is 42.4 Å². The molecule has 1 heterocycles. The minimum atomic E-state index is 0.464. The minimum absolute atomic E-state index is 0.464. The van der Waals surface area contributed by atoms with E-state index in [1.54, 1.807) is 0 Å². The molecule has 20 heavy (non-hydrogen) atoms. The third-order valence-electron chi connectivity index (χ3n) is 3.34. The average molecular weight is 273 g/mol. The minimum Gasteiger partial charge on any atom is -0.486 e. The maximum atomic E-state index is 5.76. The lowest BCUT2D eigenvalue weighted by Crippen LogP contribution is -2.04. The van der Waals surface area contributed by atoms with Crippen LogP contribution in [0.5, 0.6) is 5.75 Å². The molecular weight excluding hydrogens is 250 g/mol. The van der Waals surface area contributed by atoms with Gasteiger partial charge in [0.2, 0.25) is 0 Å². The van der Waals surface area contributed by atoms with E-state index in [1.807, 2.05) is 25.2 Å². The second kappa shape index (κ2) is 6.62. The van der Waals surface area contributed by atoms with Gasteiger partial charge in [0.05, 0.1) is 6.54 Å². The third-order valence-corrected chi connectivity index (χ3v) is 3.34. The summed E-state index contributed by atoms with van der Waals surface area (Å²) in [6.07, 6.45) is 0. The fourth-order valence-corrected chi connectivity index (χ4v) is 2.10. The highest BCUT2D eigenvalue weighted by Crippen LogP contribution is 2.20. The Kier molecular flexibility index (Phi) is 4.85. The molecule has 1 aromatic carbocycles. The Bertz CT molecular complexity index is 541. The summed E-state index contributed by atoms with van der Waals surface area (Å²) >= 11 is 0. The molecule has 0 amide bonds. The predicted octanol–water partition coefficient (Wildman–Crippen LogP) is 4.01. The van der Waals surface area contributed by atoms with Crippen LogP contribution in [0.15, 0.2) is 34.7 Å². The average Bonchev–Trinajstić information content (AvgIpc) is 2.78. The van der Waals surface area contributed by atoms with Gasteiger partial charge >= 0.3 is 0 Å². The molecule has 0 saturated heterocycles. The summed E-state index contributed by atoms with van der Waals surface area (Å²) in [4.78, 5) is 0. The second-order valence-corrected chi connectivity index (χ2v) is 5.36. The molecule has 0 unspecified atom stereocenters. The maximum absolute atomic E-state index is 5.76. The molecule has 0 aliphatic rings. The van der Waals surface area contributed by atoms with Crippen LogP contribution in [0.3, 0.4) is 0 Å². The third kappa shape index (κ3) is 3.64. The van der Waals surface area contributed by atoms with Crippen LogP contribution in [0.4, 0.5) is 0 Å². The van der Waals surface area contributed by atoms with Gasteiger partial charge in [0.1, 0.15) is 23.9 Å². The molecule has 1 aromatic heterocycles. The highest BCUT2D eigenvalue weighted by Gasteiger charge is 2.07. The Balaban J connectivity index is 1.96. The van der Waals surface area contributed by atoms with Gasteiger partial charge in [0.15, 0.2) is 0 Å². The summed E-state index contributed by atoms with van der Waals surface area (Å²) in [7, 11) is 1.91. The number of ether oxygens (including phenoxy) is 1. The number of benzene rings is 1. The van der Waals surface area contributed by atoms with Gasteiger partial charge in [-0.1, -0.05) is 26.0 Å². The molecule has 108 valence electrons. The normalized spacial score (nSPS) is 11.1. The van der Waals surface area contributed by atoms with Crippen molar-refractivity contribution in [3.8, 4) is 5.75 Å². The fourth-order valence-electron chi connectivity index (χ4n) is 2.10. The van der Waals surface area contributed by atoms with E-state index >= 15 is 0 Å². The first-order valence-electron chi connectivity index (χ1n) is 7.05. The molecule has 0 radical (unpaired) electrons. The van der Waals surface area contributed by atoms with E-state index in [9.17, 15) is 0 Å². The van der Waals surface area contributed by atoms with Crippen molar-refractivity contribution in [3.05, 3.63) is 53.0 Å². The van der Waals surface area contributed by atoms with Crippen LogP contribution in [0, 0.1) is 6.92 Å². The molecule has 3 heteroatoms. The van der Waals surface area contributed by atoms with Gasteiger partial charge in [0, 0.05) is 0 Å². The highest BCUT2D eigenvalue weighted by atomic mass is 16.5. The lowest BCUT2D eigenvalue weighted by molar-refractivity contribution is 0.265. The molecule has 0 fully saturated rings. The van der Waals surface area contributed by atoms with E-state index in [1.165, 1.54) is 5.56 Å². The smallest absolute Gasteiger partial charge is 0.146 e. The maximum Gasteiger partial charge on any atom is 0.146 e. The van der Waals surface area contributed by atoms with Gasteiger partial charge in [-0.25, -0.2) is 0 Å². The topological polar surface area (TPSA) is 34.4 Å². The van der Waals surface area contributed by atoms with Crippen LogP contribution in [0.25, 0.3) is 0 Å². The van der Waals surface area contributed by atoms with Crippen molar-refractivity contribution in [2.75, 3.05) is 7.05 Å². The lowest BCUT2D eigenvalue weighted by Gasteiger charge is -2.07. The molecule has 2 rings (SSSR count). The van der Waals surface area contributed by atoms with Crippen molar-refractivity contribution in [3.63, 3.8) is 0 Å².